The molecule has 2 fully saturated rings. The highest BCUT2D eigenvalue weighted by atomic mass is 19.1. The van der Waals surface area contributed by atoms with Gasteiger partial charge in [-0.3, -0.25) is 4.90 Å². The third-order valence-corrected chi connectivity index (χ3v) is 4.87. The van der Waals surface area contributed by atoms with Crippen molar-refractivity contribution in [3.63, 3.8) is 0 Å². The van der Waals surface area contributed by atoms with E-state index in [1.807, 2.05) is 13.0 Å². The number of benzene rings is 1. The zero-order chi connectivity index (χ0) is 13.9. The van der Waals surface area contributed by atoms with Gasteiger partial charge in [0.1, 0.15) is 5.82 Å². The maximum atomic E-state index is 14.5. The van der Waals surface area contributed by atoms with Gasteiger partial charge in [0.15, 0.2) is 0 Å². The number of hydrogen-bond donors (Lipinski definition) is 1. The quantitative estimate of drug-likeness (QED) is 0.911. The number of piperazine rings is 1. The van der Waals surface area contributed by atoms with E-state index in [1.54, 1.807) is 6.07 Å². The molecule has 0 bridgehead atoms. The topological polar surface area (TPSA) is 15.3 Å². The van der Waals surface area contributed by atoms with Crippen LogP contribution in [0.5, 0.6) is 0 Å². The van der Waals surface area contributed by atoms with Crippen LogP contribution in [0, 0.1) is 18.7 Å². The Morgan fingerprint density at radius 2 is 1.90 bits per heavy atom. The molecule has 0 unspecified atom stereocenters. The van der Waals surface area contributed by atoms with Gasteiger partial charge < -0.3 is 5.32 Å². The molecule has 1 aromatic carbocycles. The van der Waals surface area contributed by atoms with Crippen LogP contribution in [-0.2, 0) is 0 Å². The minimum atomic E-state index is -0.0135. The molecule has 0 amide bonds. The first-order valence-corrected chi connectivity index (χ1v) is 7.96. The first-order valence-electron chi connectivity index (χ1n) is 7.96. The summed E-state index contributed by atoms with van der Waals surface area (Å²) in [6, 6.07) is 6.05. The van der Waals surface area contributed by atoms with Crippen LogP contribution in [0.25, 0.3) is 0 Å². The lowest BCUT2D eigenvalue weighted by Gasteiger charge is -2.38. The standard InChI is InChI=1S/C17H25FN2/c1-13-6-7-15(16(18)12-13)17(14-4-2-3-5-14)20-10-8-19-9-11-20/h6-7,12,14,17,19H,2-5,8-11H2,1H3/t17-/m1/s1. The van der Waals surface area contributed by atoms with Gasteiger partial charge in [-0.25, -0.2) is 4.39 Å². The minimum Gasteiger partial charge on any atom is -0.314 e. The maximum absolute atomic E-state index is 14.5. The van der Waals surface area contributed by atoms with Crippen molar-refractivity contribution in [1.82, 2.24) is 10.2 Å². The normalized spacial score (nSPS) is 23.1. The zero-order valence-corrected chi connectivity index (χ0v) is 12.4. The summed E-state index contributed by atoms with van der Waals surface area (Å²) in [5, 5.41) is 3.40. The first kappa shape index (κ1) is 14.0. The van der Waals surface area contributed by atoms with Gasteiger partial charge in [0.05, 0.1) is 0 Å². The van der Waals surface area contributed by atoms with E-state index in [0.29, 0.717) is 5.92 Å². The second-order valence-electron chi connectivity index (χ2n) is 6.30. The highest BCUT2D eigenvalue weighted by Crippen LogP contribution is 2.40. The molecular weight excluding hydrogens is 251 g/mol. The summed E-state index contributed by atoms with van der Waals surface area (Å²) in [5.41, 5.74) is 1.93. The average molecular weight is 276 g/mol. The van der Waals surface area contributed by atoms with Crippen LogP contribution in [0.1, 0.15) is 42.9 Å². The zero-order valence-electron chi connectivity index (χ0n) is 12.4. The molecule has 3 heteroatoms. The van der Waals surface area contributed by atoms with E-state index in [9.17, 15) is 4.39 Å². The van der Waals surface area contributed by atoms with Crippen LogP contribution in [0.2, 0.25) is 0 Å². The number of aryl methyl sites for hydroxylation is 1. The molecule has 0 spiro atoms. The third kappa shape index (κ3) is 2.89. The van der Waals surface area contributed by atoms with Gasteiger partial charge in [0.25, 0.3) is 0 Å². The van der Waals surface area contributed by atoms with Crippen LogP contribution in [0.15, 0.2) is 18.2 Å². The highest BCUT2D eigenvalue weighted by Gasteiger charge is 2.33. The smallest absolute Gasteiger partial charge is 0.128 e. The summed E-state index contributed by atoms with van der Waals surface area (Å²) in [4.78, 5) is 2.50. The number of hydrogen-bond acceptors (Lipinski definition) is 2. The molecule has 110 valence electrons. The summed E-state index contributed by atoms with van der Waals surface area (Å²) in [7, 11) is 0. The Hall–Kier alpha value is -0.930. The van der Waals surface area contributed by atoms with Gasteiger partial charge in [-0.15, -0.1) is 0 Å². The van der Waals surface area contributed by atoms with Gasteiger partial charge in [0, 0.05) is 37.8 Å². The predicted octanol–water partition coefficient (Wildman–Crippen LogP) is 3.27. The molecular formula is C17H25FN2. The molecule has 1 aliphatic carbocycles. The Balaban J connectivity index is 1.90. The van der Waals surface area contributed by atoms with E-state index in [4.69, 9.17) is 0 Å². The second kappa shape index (κ2) is 6.23. The van der Waals surface area contributed by atoms with E-state index >= 15 is 0 Å². The van der Waals surface area contributed by atoms with Crippen molar-refractivity contribution in [1.29, 1.82) is 0 Å². The van der Waals surface area contributed by atoms with E-state index in [1.165, 1.54) is 25.7 Å². The van der Waals surface area contributed by atoms with Crippen molar-refractivity contribution >= 4 is 0 Å². The number of nitrogens with zero attached hydrogens (tertiary/aromatic N) is 1. The fraction of sp³-hybridized carbons (Fsp3) is 0.647. The van der Waals surface area contributed by atoms with Crippen molar-refractivity contribution < 1.29 is 4.39 Å². The molecule has 1 saturated heterocycles. The van der Waals surface area contributed by atoms with E-state index in [0.717, 1.165) is 37.3 Å². The number of rotatable bonds is 3. The Labute approximate surface area is 121 Å². The maximum Gasteiger partial charge on any atom is 0.128 e. The van der Waals surface area contributed by atoms with Crippen molar-refractivity contribution in [3.8, 4) is 0 Å². The molecule has 1 saturated carbocycles. The highest BCUT2D eigenvalue weighted by molar-refractivity contribution is 5.27. The molecule has 20 heavy (non-hydrogen) atoms. The van der Waals surface area contributed by atoms with Crippen LogP contribution in [0.3, 0.4) is 0 Å². The SMILES string of the molecule is Cc1ccc([C@@H](C2CCCC2)N2CCNCC2)c(F)c1. The summed E-state index contributed by atoms with van der Waals surface area (Å²) < 4.78 is 14.5. The molecule has 1 N–H and O–H groups in total. The largest absolute Gasteiger partial charge is 0.314 e. The minimum absolute atomic E-state index is 0.0135. The average Bonchev–Trinajstić information content (AvgIpc) is 2.97. The van der Waals surface area contributed by atoms with E-state index in [2.05, 4.69) is 16.3 Å². The van der Waals surface area contributed by atoms with Gasteiger partial charge in [0.2, 0.25) is 0 Å². The van der Waals surface area contributed by atoms with Crippen molar-refractivity contribution in [3.05, 3.63) is 35.1 Å². The lowest BCUT2D eigenvalue weighted by atomic mass is 9.89. The Kier molecular flexibility index (Phi) is 4.37. The Morgan fingerprint density at radius 3 is 2.55 bits per heavy atom. The van der Waals surface area contributed by atoms with Crippen molar-refractivity contribution in [2.45, 2.75) is 38.6 Å². The molecule has 2 aliphatic rings. The van der Waals surface area contributed by atoms with Crippen molar-refractivity contribution in [2.75, 3.05) is 26.2 Å². The third-order valence-electron chi connectivity index (χ3n) is 4.87. The fourth-order valence-corrected chi connectivity index (χ4v) is 3.85. The molecule has 1 aromatic rings. The van der Waals surface area contributed by atoms with Gasteiger partial charge in [-0.1, -0.05) is 25.0 Å². The molecule has 0 aromatic heterocycles. The second-order valence-corrected chi connectivity index (χ2v) is 6.30. The van der Waals surface area contributed by atoms with Crippen LogP contribution in [0.4, 0.5) is 4.39 Å². The molecule has 0 radical (unpaired) electrons. The molecule has 2 nitrogen and oxygen atoms in total. The summed E-state index contributed by atoms with van der Waals surface area (Å²) in [6.45, 7) is 6.08. The summed E-state index contributed by atoms with van der Waals surface area (Å²) in [5.74, 6) is 0.616. The van der Waals surface area contributed by atoms with E-state index in [-0.39, 0.29) is 11.9 Å². The van der Waals surface area contributed by atoms with Crippen molar-refractivity contribution in [2.24, 2.45) is 5.92 Å². The lowest BCUT2D eigenvalue weighted by Crippen LogP contribution is -2.46. The van der Waals surface area contributed by atoms with Gasteiger partial charge in [-0.2, -0.15) is 0 Å². The molecule has 1 heterocycles. The van der Waals surface area contributed by atoms with Gasteiger partial charge >= 0.3 is 0 Å². The lowest BCUT2D eigenvalue weighted by molar-refractivity contribution is 0.122. The summed E-state index contributed by atoms with van der Waals surface area (Å²) in [6.07, 6.45) is 5.12. The fourth-order valence-electron chi connectivity index (χ4n) is 3.85. The monoisotopic (exact) mass is 276 g/mol. The number of halogens is 1. The molecule has 3 rings (SSSR count). The molecule has 1 atom stereocenters. The van der Waals surface area contributed by atoms with Crippen LogP contribution >= 0.6 is 0 Å². The first-order chi connectivity index (χ1) is 9.75. The van der Waals surface area contributed by atoms with Crippen LogP contribution in [-0.4, -0.2) is 31.1 Å². The number of nitrogens with one attached hydrogen (secondary N) is 1. The van der Waals surface area contributed by atoms with Crippen LogP contribution < -0.4 is 5.32 Å². The Bertz CT molecular complexity index is 448. The van der Waals surface area contributed by atoms with E-state index < -0.39 is 0 Å². The predicted molar refractivity (Wildman–Crippen MR) is 80.3 cm³/mol. The summed E-state index contributed by atoms with van der Waals surface area (Å²) >= 11 is 0. The molecule has 1 aliphatic heterocycles. The Morgan fingerprint density at radius 1 is 1.20 bits per heavy atom. The van der Waals surface area contributed by atoms with Gasteiger partial charge in [-0.05, 0) is 37.3 Å².